The molecule has 0 aliphatic heterocycles. The van der Waals surface area contributed by atoms with Crippen LogP contribution in [-0.2, 0) is 0 Å². The molecule has 0 amide bonds. The van der Waals surface area contributed by atoms with Gasteiger partial charge in [-0.25, -0.2) is 4.98 Å². The van der Waals surface area contributed by atoms with Gasteiger partial charge in [0.05, 0.1) is 4.88 Å². The number of nitrogens with two attached hydrogens (primary N) is 1. The number of rotatable bonds is 4. The summed E-state index contributed by atoms with van der Waals surface area (Å²) in [6, 6.07) is 0. The maximum atomic E-state index is 6.22. The van der Waals surface area contributed by atoms with Crippen molar-refractivity contribution in [1.29, 1.82) is 0 Å². The Balaban J connectivity index is 2.21. The Morgan fingerprint density at radius 3 is 2.63 bits per heavy atom. The van der Waals surface area contributed by atoms with Gasteiger partial charge >= 0.3 is 0 Å². The quantitative estimate of drug-likeness (QED) is 0.920. The fraction of sp³-hybridized carbons (Fsp3) is 0.643. The van der Waals surface area contributed by atoms with E-state index in [4.69, 9.17) is 17.3 Å². The second-order valence-electron chi connectivity index (χ2n) is 5.30. The second kappa shape index (κ2) is 6.73. The zero-order valence-electron chi connectivity index (χ0n) is 11.7. The average Bonchev–Trinajstić information content (AvgIpc) is 2.78. The molecule has 0 saturated heterocycles. The van der Waals surface area contributed by atoms with E-state index >= 15 is 0 Å². The third-order valence-electron chi connectivity index (χ3n) is 3.66. The number of halogens is 1. The van der Waals surface area contributed by atoms with Gasteiger partial charge in [-0.05, 0) is 24.8 Å². The standard InChI is InChI=1S/C14H22ClN3S/c1-18(2)14-17-13(15)12(19-14)8-11(9-16)10-6-4-3-5-7-10/h8,10H,3-7,9,16H2,1-2H3. The van der Waals surface area contributed by atoms with E-state index in [1.807, 2.05) is 19.0 Å². The van der Waals surface area contributed by atoms with Crippen molar-refractivity contribution in [3.05, 3.63) is 15.6 Å². The molecule has 1 aromatic rings. The molecule has 0 bridgehead atoms. The highest BCUT2D eigenvalue weighted by Gasteiger charge is 2.18. The summed E-state index contributed by atoms with van der Waals surface area (Å²) in [6.45, 7) is 0.621. The van der Waals surface area contributed by atoms with Crippen LogP contribution in [0.1, 0.15) is 37.0 Å². The molecule has 0 radical (unpaired) electrons. The molecule has 1 saturated carbocycles. The van der Waals surface area contributed by atoms with Gasteiger partial charge in [-0.15, -0.1) is 0 Å². The summed E-state index contributed by atoms with van der Waals surface area (Å²) in [5.41, 5.74) is 7.26. The monoisotopic (exact) mass is 299 g/mol. The molecule has 1 aliphatic rings. The van der Waals surface area contributed by atoms with Crippen LogP contribution in [0.3, 0.4) is 0 Å². The highest BCUT2D eigenvalue weighted by Crippen LogP contribution is 2.34. The van der Waals surface area contributed by atoms with E-state index in [1.54, 1.807) is 11.3 Å². The molecule has 0 atom stereocenters. The molecule has 0 unspecified atom stereocenters. The van der Waals surface area contributed by atoms with Crippen LogP contribution in [0.15, 0.2) is 5.57 Å². The number of hydrogen-bond acceptors (Lipinski definition) is 4. The molecule has 1 heterocycles. The average molecular weight is 300 g/mol. The van der Waals surface area contributed by atoms with Crippen molar-refractivity contribution in [2.45, 2.75) is 32.1 Å². The Bertz CT molecular complexity index is 448. The zero-order valence-corrected chi connectivity index (χ0v) is 13.2. The van der Waals surface area contributed by atoms with Crippen molar-refractivity contribution in [2.75, 3.05) is 25.5 Å². The lowest BCUT2D eigenvalue weighted by Crippen LogP contribution is -2.15. The topological polar surface area (TPSA) is 42.2 Å². The molecule has 1 fully saturated rings. The number of thiazole rings is 1. The fourth-order valence-electron chi connectivity index (χ4n) is 2.57. The van der Waals surface area contributed by atoms with Gasteiger partial charge in [-0.3, -0.25) is 0 Å². The first-order valence-corrected chi connectivity index (χ1v) is 8.05. The summed E-state index contributed by atoms with van der Waals surface area (Å²) in [5.74, 6) is 0.639. The molecule has 2 N–H and O–H groups in total. The van der Waals surface area contributed by atoms with Crippen molar-refractivity contribution in [3.63, 3.8) is 0 Å². The predicted molar refractivity (Wildman–Crippen MR) is 85.1 cm³/mol. The summed E-state index contributed by atoms with van der Waals surface area (Å²) >= 11 is 7.84. The minimum Gasteiger partial charge on any atom is -0.354 e. The maximum absolute atomic E-state index is 6.22. The molecule has 1 aromatic heterocycles. The Morgan fingerprint density at radius 2 is 2.11 bits per heavy atom. The minimum absolute atomic E-state index is 0.593. The van der Waals surface area contributed by atoms with Crippen LogP contribution in [-0.4, -0.2) is 25.6 Å². The Labute approximate surface area is 124 Å². The van der Waals surface area contributed by atoms with Crippen LogP contribution >= 0.6 is 22.9 Å². The lowest BCUT2D eigenvalue weighted by molar-refractivity contribution is 0.401. The summed E-state index contributed by atoms with van der Waals surface area (Å²) in [6.07, 6.45) is 8.70. The molecular formula is C14H22ClN3S. The van der Waals surface area contributed by atoms with Crippen LogP contribution in [0, 0.1) is 5.92 Å². The number of nitrogens with zero attached hydrogens (tertiary/aromatic N) is 2. The largest absolute Gasteiger partial charge is 0.354 e. The van der Waals surface area contributed by atoms with Gasteiger partial charge in [0.1, 0.15) is 5.15 Å². The predicted octanol–water partition coefficient (Wildman–Crippen LogP) is 3.78. The van der Waals surface area contributed by atoms with Crippen LogP contribution in [0.2, 0.25) is 5.15 Å². The van der Waals surface area contributed by atoms with Gasteiger partial charge in [-0.2, -0.15) is 0 Å². The van der Waals surface area contributed by atoms with Gasteiger partial charge in [0, 0.05) is 20.6 Å². The van der Waals surface area contributed by atoms with Crippen molar-refractivity contribution in [2.24, 2.45) is 11.7 Å². The van der Waals surface area contributed by atoms with Crippen molar-refractivity contribution >= 4 is 34.1 Å². The van der Waals surface area contributed by atoms with Crippen molar-refractivity contribution < 1.29 is 0 Å². The first-order chi connectivity index (χ1) is 9.11. The SMILES string of the molecule is CN(C)c1nc(Cl)c(C=C(CN)C2CCCCC2)s1. The molecule has 1 aliphatic carbocycles. The third kappa shape index (κ3) is 3.71. The van der Waals surface area contributed by atoms with E-state index < -0.39 is 0 Å². The highest BCUT2D eigenvalue weighted by atomic mass is 35.5. The van der Waals surface area contributed by atoms with Crippen LogP contribution in [0.5, 0.6) is 0 Å². The summed E-state index contributed by atoms with van der Waals surface area (Å²) in [4.78, 5) is 7.39. The van der Waals surface area contributed by atoms with Gasteiger partial charge < -0.3 is 10.6 Å². The molecule has 0 spiro atoms. The number of anilines is 1. The minimum atomic E-state index is 0.593. The van der Waals surface area contributed by atoms with E-state index in [9.17, 15) is 0 Å². The lowest BCUT2D eigenvalue weighted by atomic mass is 9.83. The van der Waals surface area contributed by atoms with Crippen LogP contribution in [0.25, 0.3) is 6.08 Å². The molecular weight excluding hydrogens is 278 g/mol. The van der Waals surface area contributed by atoms with Crippen molar-refractivity contribution in [1.82, 2.24) is 4.98 Å². The number of hydrogen-bond donors (Lipinski definition) is 1. The van der Waals surface area contributed by atoms with E-state index in [-0.39, 0.29) is 0 Å². The normalized spacial score (nSPS) is 17.8. The lowest BCUT2D eigenvalue weighted by Gasteiger charge is -2.23. The smallest absolute Gasteiger partial charge is 0.186 e. The molecule has 2 rings (SSSR count). The van der Waals surface area contributed by atoms with Gasteiger partial charge in [0.25, 0.3) is 0 Å². The maximum Gasteiger partial charge on any atom is 0.186 e. The first kappa shape index (κ1) is 14.8. The van der Waals surface area contributed by atoms with Gasteiger partial charge in [0.2, 0.25) is 0 Å². The number of aromatic nitrogens is 1. The van der Waals surface area contributed by atoms with E-state index in [1.165, 1.54) is 37.7 Å². The molecule has 5 heteroatoms. The summed E-state index contributed by atoms with van der Waals surface area (Å²) in [5, 5.41) is 1.53. The van der Waals surface area contributed by atoms with Gasteiger partial charge in [0.15, 0.2) is 5.13 Å². The van der Waals surface area contributed by atoms with Crippen molar-refractivity contribution in [3.8, 4) is 0 Å². The molecule has 19 heavy (non-hydrogen) atoms. The van der Waals surface area contributed by atoms with Crippen LogP contribution in [0.4, 0.5) is 5.13 Å². The molecule has 3 nitrogen and oxygen atoms in total. The highest BCUT2D eigenvalue weighted by molar-refractivity contribution is 7.17. The summed E-state index contributed by atoms with van der Waals surface area (Å²) in [7, 11) is 3.96. The molecule has 0 aromatic carbocycles. The Kier molecular flexibility index (Phi) is 5.25. The van der Waals surface area contributed by atoms with E-state index in [2.05, 4.69) is 11.1 Å². The zero-order chi connectivity index (χ0) is 13.8. The Hall–Kier alpha value is -0.580. The van der Waals surface area contributed by atoms with Gasteiger partial charge in [-0.1, -0.05) is 47.8 Å². The fourth-order valence-corrected chi connectivity index (χ4v) is 3.72. The van der Waals surface area contributed by atoms with E-state index in [0.717, 1.165) is 10.0 Å². The second-order valence-corrected chi connectivity index (χ2v) is 6.67. The first-order valence-electron chi connectivity index (χ1n) is 6.86. The van der Waals surface area contributed by atoms with Crippen LogP contribution < -0.4 is 10.6 Å². The summed E-state index contributed by atoms with van der Waals surface area (Å²) < 4.78 is 0. The Morgan fingerprint density at radius 1 is 1.42 bits per heavy atom. The third-order valence-corrected chi connectivity index (χ3v) is 5.23. The van der Waals surface area contributed by atoms with E-state index in [0.29, 0.717) is 17.6 Å². The molecule has 106 valence electrons.